The highest BCUT2D eigenvalue weighted by Gasteiger charge is 2.39. The van der Waals surface area contributed by atoms with Gasteiger partial charge in [0.15, 0.2) is 0 Å². The van der Waals surface area contributed by atoms with E-state index in [1.54, 1.807) is 0 Å². The number of hydrogen-bond acceptors (Lipinski definition) is 2. The van der Waals surface area contributed by atoms with Crippen LogP contribution < -0.4 is 5.32 Å². The SMILES string of the molecule is O=C(O)CCCCCNC(=O)N1CC2CCC1C2. The number of hydrogen-bond donors (Lipinski definition) is 2. The summed E-state index contributed by atoms with van der Waals surface area (Å²) in [6.45, 7) is 1.59. The number of unbranched alkanes of at least 4 members (excludes halogenated alkanes) is 2. The first-order valence-corrected chi connectivity index (χ1v) is 6.93. The number of amides is 2. The molecule has 102 valence electrons. The van der Waals surface area contributed by atoms with Gasteiger partial charge in [0.05, 0.1) is 0 Å². The molecule has 18 heavy (non-hydrogen) atoms. The molecule has 2 atom stereocenters. The van der Waals surface area contributed by atoms with Gasteiger partial charge in [-0.15, -0.1) is 0 Å². The van der Waals surface area contributed by atoms with Crippen LogP contribution in [-0.2, 0) is 4.79 Å². The van der Waals surface area contributed by atoms with Crippen molar-refractivity contribution in [3.8, 4) is 0 Å². The van der Waals surface area contributed by atoms with E-state index in [9.17, 15) is 9.59 Å². The fraction of sp³-hybridized carbons (Fsp3) is 0.846. The zero-order valence-corrected chi connectivity index (χ0v) is 10.7. The van der Waals surface area contributed by atoms with Gasteiger partial charge in [-0.1, -0.05) is 6.42 Å². The quantitative estimate of drug-likeness (QED) is 0.710. The van der Waals surface area contributed by atoms with E-state index in [2.05, 4.69) is 5.32 Å². The number of carboxylic acids is 1. The summed E-state index contributed by atoms with van der Waals surface area (Å²) < 4.78 is 0. The van der Waals surface area contributed by atoms with E-state index in [0.717, 1.165) is 31.7 Å². The first kappa shape index (κ1) is 13.2. The van der Waals surface area contributed by atoms with Crippen molar-refractivity contribution in [3.63, 3.8) is 0 Å². The molecule has 5 nitrogen and oxygen atoms in total. The predicted molar refractivity (Wildman–Crippen MR) is 67.3 cm³/mol. The minimum atomic E-state index is -0.743. The third kappa shape index (κ3) is 3.37. The number of aliphatic carboxylic acids is 1. The minimum Gasteiger partial charge on any atom is -0.481 e. The van der Waals surface area contributed by atoms with Gasteiger partial charge in [-0.2, -0.15) is 0 Å². The third-order valence-electron chi connectivity index (χ3n) is 4.01. The maximum atomic E-state index is 11.9. The summed E-state index contributed by atoms with van der Waals surface area (Å²) in [5.41, 5.74) is 0. The van der Waals surface area contributed by atoms with Crippen molar-refractivity contribution in [3.05, 3.63) is 0 Å². The van der Waals surface area contributed by atoms with Crippen LogP contribution in [0.4, 0.5) is 4.79 Å². The van der Waals surface area contributed by atoms with Gasteiger partial charge in [-0.25, -0.2) is 4.79 Å². The molecule has 1 saturated carbocycles. The average molecular weight is 254 g/mol. The van der Waals surface area contributed by atoms with Crippen LogP contribution in [0, 0.1) is 5.92 Å². The number of urea groups is 1. The lowest BCUT2D eigenvalue weighted by molar-refractivity contribution is -0.137. The fourth-order valence-corrected chi connectivity index (χ4v) is 3.05. The molecule has 2 fully saturated rings. The molecule has 0 aromatic carbocycles. The molecule has 1 aliphatic heterocycles. The van der Waals surface area contributed by atoms with E-state index in [-0.39, 0.29) is 12.5 Å². The Balaban J connectivity index is 1.54. The summed E-state index contributed by atoms with van der Waals surface area (Å²) in [6.07, 6.45) is 6.27. The van der Waals surface area contributed by atoms with Gasteiger partial charge in [0, 0.05) is 25.6 Å². The molecule has 1 aliphatic carbocycles. The number of nitrogens with one attached hydrogen (secondary N) is 1. The minimum absolute atomic E-state index is 0.0698. The summed E-state index contributed by atoms with van der Waals surface area (Å²) >= 11 is 0. The van der Waals surface area contributed by atoms with Crippen LogP contribution in [0.3, 0.4) is 0 Å². The Labute approximate surface area is 108 Å². The van der Waals surface area contributed by atoms with E-state index >= 15 is 0 Å². The number of piperidine rings is 1. The molecule has 0 radical (unpaired) electrons. The topological polar surface area (TPSA) is 69.6 Å². The van der Waals surface area contributed by atoms with Crippen molar-refractivity contribution in [1.29, 1.82) is 0 Å². The Hall–Kier alpha value is -1.26. The second-order valence-corrected chi connectivity index (χ2v) is 5.42. The number of carbonyl (C=O) groups excluding carboxylic acids is 1. The van der Waals surface area contributed by atoms with Crippen LogP contribution in [0.15, 0.2) is 0 Å². The lowest BCUT2D eigenvalue weighted by Crippen LogP contribution is -2.44. The van der Waals surface area contributed by atoms with Gasteiger partial charge in [0.2, 0.25) is 0 Å². The summed E-state index contributed by atoms with van der Waals surface area (Å²) in [5, 5.41) is 11.4. The van der Waals surface area contributed by atoms with Crippen molar-refractivity contribution in [2.75, 3.05) is 13.1 Å². The lowest BCUT2D eigenvalue weighted by Gasteiger charge is -2.27. The van der Waals surface area contributed by atoms with E-state index in [4.69, 9.17) is 5.11 Å². The monoisotopic (exact) mass is 254 g/mol. The first-order valence-electron chi connectivity index (χ1n) is 6.93. The molecule has 2 bridgehead atoms. The molecule has 0 aromatic heterocycles. The van der Waals surface area contributed by atoms with Crippen LogP contribution in [0.1, 0.15) is 44.9 Å². The van der Waals surface area contributed by atoms with Crippen molar-refractivity contribution >= 4 is 12.0 Å². The molecule has 1 saturated heterocycles. The zero-order valence-electron chi connectivity index (χ0n) is 10.7. The molecule has 2 N–H and O–H groups in total. The average Bonchev–Trinajstić information content (AvgIpc) is 2.94. The first-order chi connectivity index (χ1) is 8.66. The fourth-order valence-electron chi connectivity index (χ4n) is 3.05. The summed E-state index contributed by atoms with van der Waals surface area (Å²) in [4.78, 5) is 24.2. The highest BCUT2D eigenvalue weighted by Crippen LogP contribution is 2.37. The molecular weight excluding hydrogens is 232 g/mol. The largest absolute Gasteiger partial charge is 0.481 e. The number of rotatable bonds is 6. The molecule has 5 heteroatoms. The number of likely N-dealkylation sites (tertiary alicyclic amines) is 1. The maximum absolute atomic E-state index is 11.9. The van der Waals surface area contributed by atoms with Crippen molar-refractivity contribution in [2.24, 2.45) is 5.92 Å². The summed E-state index contributed by atoms with van der Waals surface area (Å²) in [6, 6.07) is 0.544. The Kier molecular flexibility index (Phi) is 4.44. The molecule has 2 amide bonds. The zero-order chi connectivity index (χ0) is 13.0. The summed E-state index contributed by atoms with van der Waals surface area (Å²) in [5.74, 6) is -0.0107. The van der Waals surface area contributed by atoms with Gasteiger partial charge in [-0.3, -0.25) is 4.79 Å². The number of nitrogens with zero attached hydrogens (tertiary/aromatic N) is 1. The van der Waals surface area contributed by atoms with Crippen LogP contribution in [0.25, 0.3) is 0 Å². The molecular formula is C13H22N2O3. The lowest BCUT2D eigenvalue weighted by atomic mass is 10.1. The highest BCUT2D eigenvalue weighted by atomic mass is 16.4. The van der Waals surface area contributed by atoms with Gasteiger partial charge in [-0.05, 0) is 38.0 Å². The van der Waals surface area contributed by atoms with E-state index in [1.165, 1.54) is 12.8 Å². The van der Waals surface area contributed by atoms with Gasteiger partial charge in [0.1, 0.15) is 0 Å². The summed E-state index contributed by atoms with van der Waals surface area (Å²) in [7, 11) is 0. The number of fused-ring (bicyclic) bond motifs is 2. The Morgan fingerprint density at radius 3 is 2.67 bits per heavy atom. The number of carboxylic acid groups (broad SMARTS) is 1. The molecule has 2 unspecified atom stereocenters. The van der Waals surface area contributed by atoms with Crippen LogP contribution in [0.5, 0.6) is 0 Å². The molecule has 1 heterocycles. The normalized spacial score (nSPS) is 25.4. The standard InChI is InChI=1S/C13H22N2O3/c16-12(17)4-2-1-3-7-14-13(18)15-9-10-5-6-11(15)8-10/h10-11H,1-9H2,(H,14,18)(H,16,17). The van der Waals surface area contributed by atoms with Gasteiger partial charge < -0.3 is 15.3 Å². The van der Waals surface area contributed by atoms with E-state index in [1.807, 2.05) is 4.90 Å². The predicted octanol–water partition coefficient (Wildman–Crippen LogP) is 1.83. The highest BCUT2D eigenvalue weighted by molar-refractivity contribution is 5.75. The Morgan fingerprint density at radius 2 is 2.06 bits per heavy atom. The third-order valence-corrected chi connectivity index (χ3v) is 4.01. The molecule has 2 aliphatic rings. The van der Waals surface area contributed by atoms with Crippen molar-refractivity contribution in [2.45, 2.75) is 51.0 Å². The molecule has 2 rings (SSSR count). The van der Waals surface area contributed by atoms with E-state index in [0.29, 0.717) is 19.0 Å². The molecule has 0 aromatic rings. The van der Waals surface area contributed by atoms with E-state index < -0.39 is 5.97 Å². The van der Waals surface area contributed by atoms with Crippen LogP contribution >= 0.6 is 0 Å². The van der Waals surface area contributed by atoms with Crippen LogP contribution in [-0.4, -0.2) is 41.1 Å². The Bertz CT molecular complexity index is 319. The second-order valence-electron chi connectivity index (χ2n) is 5.42. The smallest absolute Gasteiger partial charge is 0.317 e. The van der Waals surface area contributed by atoms with Crippen molar-refractivity contribution in [1.82, 2.24) is 10.2 Å². The molecule has 0 spiro atoms. The Morgan fingerprint density at radius 1 is 1.22 bits per heavy atom. The second kappa shape index (κ2) is 6.07. The van der Waals surface area contributed by atoms with Crippen LogP contribution in [0.2, 0.25) is 0 Å². The van der Waals surface area contributed by atoms with Crippen molar-refractivity contribution < 1.29 is 14.7 Å². The van der Waals surface area contributed by atoms with Gasteiger partial charge in [0.25, 0.3) is 0 Å². The number of carbonyl (C=O) groups is 2. The maximum Gasteiger partial charge on any atom is 0.317 e. The van der Waals surface area contributed by atoms with Gasteiger partial charge >= 0.3 is 12.0 Å².